The summed E-state index contributed by atoms with van der Waals surface area (Å²) in [6.07, 6.45) is 15.4. The van der Waals surface area contributed by atoms with Crippen LogP contribution in [0.5, 0.6) is 0 Å². The van der Waals surface area contributed by atoms with Gasteiger partial charge in [-0.05, 0) is 0 Å². The fourth-order valence-corrected chi connectivity index (χ4v) is 1.99. The summed E-state index contributed by atoms with van der Waals surface area (Å²) in [5.41, 5.74) is -5.63. The van der Waals surface area contributed by atoms with Gasteiger partial charge in [-0.1, -0.05) is 26.7 Å². The first-order chi connectivity index (χ1) is 14.2. The Kier molecular flexibility index (Phi) is 17.0. The van der Waals surface area contributed by atoms with Crippen molar-refractivity contribution in [2.75, 3.05) is 0 Å². The predicted octanol–water partition coefficient (Wildman–Crippen LogP) is 5.05. The van der Waals surface area contributed by atoms with Crippen molar-refractivity contribution in [3.63, 3.8) is 0 Å². The zero-order valence-corrected chi connectivity index (χ0v) is 22.1. The molecule has 0 spiro atoms. The summed E-state index contributed by atoms with van der Waals surface area (Å²) in [5.74, 6) is 0. The summed E-state index contributed by atoms with van der Waals surface area (Å²) in [6, 6.07) is 0. The molecule has 0 radical (unpaired) electrons. The molecule has 33 heavy (non-hydrogen) atoms. The third-order valence-corrected chi connectivity index (χ3v) is 4.81. The fraction of sp³-hybridized carbons (Fsp3) is 0.556. The first kappa shape index (κ1) is 36.8. The van der Waals surface area contributed by atoms with Crippen LogP contribution < -0.4 is 0 Å². The van der Waals surface area contributed by atoms with Crippen LogP contribution in [0.15, 0.2) is 34.4 Å². The van der Waals surface area contributed by atoms with E-state index in [0.717, 1.165) is 25.7 Å². The van der Waals surface area contributed by atoms with Gasteiger partial charge < -0.3 is 9.11 Å². The number of hydrogen-bond acceptors (Lipinski definition) is 6. The summed E-state index contributed by atoms with van der Waals surface area (Å²) in [6.45, 7) is 8.65. The number of alkyl halides is 6. The molecule has 0 aliphatic heterocycles. The molecule has 0 fully saturated rings. The summed E-state index contributed by atoms with van der Waals surface area (Å²) >= 11 is 0. The zero-order chi connectivity index (χ0) is 26.0. The molecule has 0 atom stereocenters. The Balaban J connectivity index is -0.000000360. The van der Waals surface area contributed by atoms with E-state index in [2.05, 4.69) is 52.0 Å². The molecule has 2 aliphatic carbocycles. The van der Waals surface area contributed by atoms with Crippen molar-refractivity contribution < 1.29 is 78.5 Å². The number of rotatable bonds is 2. The molecule has 0 aromatic carbocycles. The second-order valence-corrected chi connectivity index (χ2v) is 8.74. The molecule has 0 unspecified atom stereocenters. The van der Waals surface area contributed by atoms with Crippen molar-refractivity contribution in [3.8, 4) is 0 Å². The van der Waals surface area contributed by atoms with Gasteiger partial charge in [-0.15, -0.1) is 26.7 Å². The van der Waals surface area contributed by atoms with E-state index in [-0.39, 0.29) is 26.2 Å². The molecule has 188 valence electrons. The molecule has 0 heterocycles. The smallest absolute Gasteiger partial charge is 0.741 e. The SMILES string of the molecule is CCC1=[C-]CC=C1C.CCC1=[C-]CC=C1C.O=S(=O)([O-])C(F)(F)F.O=S(=O)([O-])C(F)(F)F.[Zr+4]. The predicted molar refractivity (Wildman–Crippen MR) is 102 cm³/mol. The van der Waals surface area contributed by atoms with Gasteiger partial charge in [0.25, 0.3) is 0 Å². The summed E-state index contributed by atoms with van der Waals surface area (Å²) in [4.78, 5) is 0. The zero-order valence-electron chi connectivity index (χ0n) is 18.0. The van der Waals surface area contributed by atoms with E-state index in [1.165, 1.54) is 22.3 Å². The standard InChI is InChI=1S/2C8H11.2CHF3O3S.Zr/c2*1-3-8-6-4-5-7(8)2;2*2-1(3,4)8(5,6)7;/h2*5H,3-4H2,1-2H3;2*(H,5,6,7);/q2*-1;;;+4/p-2. The normalized spacial score (nSPS) is 15.6. The average molecular weight is 604 g/mol. The molecule has 0 saturated heterocycles. The van der Waals surface area contributed by atoms with Crippen LogP contribution in [0.25, 0.3) is 0 Å². The van der Waals surface area contributed by atoms with Gasteiger partial charge >= 0.3 is 37.2 Å². The molecule has 0 amide bonds. The Morgan fingerprint density at radius 1 is 0.758 bits per heavy atom. The van der Waals surface area contributed by atoms with E-state index >= 15 is 0 Å². The van der Waals surface area contributed by atoms with Gasteiger partial charge in [0.15, 0.2) is 20.2 Å². The maximum Gasteiger partial charge on any atom is 4.00 e. The van der Waals surface area contributed by atoms with Crippen LogP contribution in [0, 0.1) is 12.2 Å². The van der Waals surface area contributed by atoms with Crippen LogP contribution in [0.1, 0.15) is 53.4 Å². The molecule has 2 aliphatic rings. The summed E-state index contributed by atoms with van der Waals surface area (Å²) < 4.78 is 118. The van der Waals surface area contributed by atoms with Gasteiger partial charge in [0, 0.05) is 0 Å². The third-order valence-electron chi connectivity index (χ3n) is 3.67. The van der Waals surface area contributed by atoms with Gasteiger partial charge in [0.05, 0.1) is 0 Å². The van der Waals surface area contributed by atoms with Crippen molar-refractivity contribution in [1.29, 1.82) is 0 Å². The Hall–Kier alpha value is -0.757. The molecule has 0 N–H and O–H groups in total. The van der Waals surface area contributed by atoms with E-state index in [1.807, 2.05) is 0 Å². The quantitative estimate of drug-likeness (QED) is 0.189. The molecular weight excluding hydrogens is 582 g/mol. The van der Waals surface area contributed by atoms with Crippen molar-refractivity contribution in [1.82, 2.24) is 0 Å². The van der Waals surface area contributed by atoms with Crippen LogP contribution in [0.2, 0.25) is 0 Å². The first-order valence-corrected chi connectivity index (χ1v) is 11.6. The molecule has 0 aromatic heterocycles. The Bertz CT molecular complexity index is 866. The molecule has 15 heteroatoms. The maximum atomic E-state index is 10.7. The van der Waals surface area contributed by atoms with Gasteiger partial charge in [-0.25, -0.2) is 39.1 Å². The molecule has 6 nitrogen and oxygen atoms in total. The van der Waals surface area contributed by atoms with E-state index in [9.17, 15) is 26.3 Å². The maximum absolute atomic E-state index is 10.7. The van der Waals surface area contributed by atoms with Gasteiger partial charge in [0.2, 0.25) is 0 Å². The van der Waals surface area contributed by atoms with Gasteiger partial charge in [-0.3, -0.25) is 12.2 Å². The number of hydrogen-bond donors (Lipinski definition) is 0. The van der Waals surface area contributed by atoms with Crippen LogP contribution in [0.3, 0.4) is 0 Å². The first-order valence-electron chi connectivity index (χ1n) is 8.76. The van der Waals surface area contributed by atoms with E-state index in [4.69, 9.17) is 25.9 Å². The summed E-state index contributed by atoms with van der Waals surface area (Å²) in [7, 11) is -12.2. The number of allylic oxidation sites excluding steroid dienone is 8. The minimum atomic E-state index is -6.09. The summed E-state index contributed by atoms with van der Waals surface area (Å²) in [5, 5.41) is 0. The van der Waals surface area contributed by atoms with Gasteiger partial charge in [0.1, 0.15) is 0 Å². The third kappa shape index (κ3) is 15.7. The Morgan fingerprint density at radius 2 is 0.970 bits per heavy atom. The van der Waals surface area contributed by atoms with Crippen molar-refractivity contribution >= 4 is 20.2 Å². The van der Waals surface area contributed by atoms with Gasteiger partial charge in [-0.2, -0.15) is 38.5 Å². The van der Waals surface area contributed by atoms with Crippen LogP contribution in [-0.2, 0) is 46.4 Å². The Morgan fingerprint density at radius 3 is 1.03 bits per heavy atom. The van der Waals surface area contributed by atoms with E-state index in [1.54, 1.807) is 0 Å². The second kappa shape index (κ2) is 15.3. The average Bonchev–Trinajstić information content (AvgIpc) is 3.20. The van der Waals surface area contributed by atoms with Crippen molar-refractivity contribution in [2.24, 2.45) is 0 Å². The fourth-order valence-electron chi connectivity index (χ4n) is 1.99. The molecule has 0 saturated carbocycles. The minimum absolute atomic E-state index is 0. The molecule has 2 rings (SSSR count). The number of halogens is 6. The van der Waals surface area contributed by atoms with Crippen molar-refractivity contribution in [3.05, 3.63) is 46.6 Å². The molecule has 0 aromatic rings. The largest absolute Gasteiger partial charge is 4.00 e. The minimum Gasteiger partial charge on any atom is -0.741 e. The van der Waals surface area contributed by atoms with Crippen molar-refractivity contribution in [2.45, 2.75) is 64.4 Å². The van der Waals surface area contributed by atoms with Crippen LogP contribution in [0.4, 0.5) is 26.3 Å². The van der Waals surface area contributed by atoms with Crippen LogP contribution in [-0.4, -0.2) is 37.0 Å². The topological polar surface area (TPSA) is 114 Å². The molecular formula is C18H22F6O6S2Zr. The van der Waals surface area contributed by atoms with E-state index < -0.39 is 31.3 Å². The van der Waals surface area contributed by atoms with E-state index in [0.29, 0.717) is 0 Å². The second-order valence-electron chi connectivity index (χ2n) is 6.00. The van der Waals surface area contributed by atoms with Crippen LogP contribution >= 0.6 is 0 Å². The molecule has 0 bridgehead atoms. The Labute approximate surface area is 209 Å². The monoisotopic (exact) mass is 602 g/mol.